The molecule has 2 aromatic carbocycles. The van der Waals surface area contributed by atoms with Crippen LogP contribution in [0.25, 0.3) is 11.3 Å². The van der Waals surface area contributed by atoms with Crippen molar-refractivity contribution in [2.24, 2.45) is 0 Å². The van der Waals surface area contributed by atoms with Gasteiger partial charge in [0.05, 0.1) is 15.1 Å². The number of nitrogens with zero attached hydrogens (tertiary/aromatic N) is 2. The molecular weight excluding hydrogens is 448 g/mol. The molecule has 0 unspecified atom stereocenters. The van der Waals surface area contributed by atoms with Crippen molar-refractivity contribution < 1.29 is 14.5 Å². The lowest BCUT2D eigenvalue weighted by Gasteiger charge is -2.03. The lowest BCUT2D eigenvalue weighted by Crippen LogP contribution is -2.12. The van der Waals surface area contributed by atoms with Crippen molar-refractivity contribution >= 4 is 55.6 Å². The molecule has 1 aromatic heterocycles. The van der Waals surface area contributed by atoms with E-state index in [0.29, 0.717) is 21.0 Å². The van der Waals surface area contributed by atoms with E-state index in [1.54, 1.807) is 17.5 Å². The molecule has 10 heteroatoms. The summed E-state index contributed by atoms with van der Waals surface area (Å²) in [6.45, 7) is 1.43. The molecule has 0 aliphatic carbocycles. The highest BCUT2D eigenvalue weighted by Gasteiger charge is 2.17. The van der Waals surface area contributed by atoms with Crippen LogP contribution in [0.3, 0.4) is 0 Å². The predicted octanol–water partition coefficient (Wildman–Crippen LogP) is 4.69. The van der Waals surface area contributed by atoms with Crippen molar-refractivity contribution in [3.05, 3.63) is 68.0 Å². The summed E-state index contributed by atoms with van der Waals surface area (Å²) in [5.41, 5.74) is 2.14. The van der Waals surface area contributed by atoms with Crippen molar-refractivity contribution in [3.63, 3.8) is 0 Å². The molecule has 0 bridgehead atoms. The monoisotopic (exact) mass is 460 g/mol. The molecular formula is C18H13BrN4O4S. The molecule has 0 spiro atoms. The molecule has 0 aliphatic heterocycles. The third-order valence-electron chi connectivity index (χ3n) is 3.63. The standard InChI is InChI=1S/C18H13BrN4O4S/c1-10(24)20-13-5-2-11(3-6-13)15-9-28-18(21-15)22-17(25)12-4-7-14(19)16(8-12)23(26)27/h2-9H,1H3,(H,20,24)(H,21,22,25). The van der Waals surface area contributed by atoms with Gasteiger partial charge in [-0.05, 0) is 40.2 Å². The number of nitro groups is 1. The van der Waals surface area contributed by atoms with Crippen LogP contribution in [0.15, 0.2) is 52.3 Å². The first-order valence-corrected chi connectivity index (χ1v) is 9.59. The van der Waals surface area contributed by atoms with Gasteiger partial charge in [0.2, 0.25) is 5.91 Å². The summed E-state index contributed by atoms with van der Waals surface area (Å²) in [6, 6.07) is 11.3. The van der Waals surface area contributed by atoms with E-state index in [-0.39, 0.29) is 17.2 Å². The van der Waals surface area contributed by atoms with Crippen LogP contribution < -0.4 is 10.6 Å². The Morgan fingerprint density at radius 1 is 1.14 bits per heavy atom. The van der Waals surface area contributed by atoms with Gasteiger partial charge in [-0.2, -0.15) is 0 Å². The Morgan fingerprint density at radius 2 is 1.86 bits per heavy atom. The second-order valence-corrected chi connectivity index (χ2v) is 7.39. The number of hydrogen-bond donors (Lipinski definition) is 2. The molecule has 3 aromatic rings. The van der Waals surface area contributed by atoms with Gasteiger partial charge in [-0.25, -0.2) is 4.98 Å². The topological polar surface area (TPSA) is 114 Å². The molecule has 142 valence electrons. The zero-order chi connectivity index (χ0) is 20.3. The number of rotatable bonds is 5. The van der Waals surface area contributed by atoms with E-state index >= 15 is 0 Å². The zero-order valence-corrected chi connectivity index (χ0v) is 16.8. The smallest absolute Gasteiger partial charge is 0.284 e. The molecule has 0 fully saturated rings. The molecule has 0 atom stereocenters. The maximum Gasteiger partial charge on any atom is 0.284 e. The number of nitro benzene ring substituents is 1. The normalized spacial score (nSPS) is 10.4. The van der Waals surface area contributed by atoms with Gasteiger partial charge in [0, 0.05) is 35.2 Å². The molecule has 2 N–H and O–H groups in total. The molecule has 8 nitrogen and oxygen atoms in total. The van der Waals surface area contributed by atoms with Gasteiger partial charge in [-0.3, -0.25) is 25.0 Å². The van der Waals surface area contributed by atoms with E-state index in [1.165, 1.54) is 36.5 Å². The fraction of sp³-hybridized carbons (Fsp3) is 0.0556. The Balaban J connectivity index is 1.74. The van der Waals surface area contributed by atoms with Crippen molar-refractivity contribution in [1.82, 2.24) is 4.98 Å². The van der Waals surface area contributed by atoms with Crippen molar-refractivity contribution in [3.8, 4) is 11.3 Å². The summed E-state index contributed by atoms with van der Waals surface area (Å²) in [6.07, 6.45) is 0. The van der Waals surface area contributed by atoms with Crippen LogP contribution in [0.4, 0.5) is 16.5 Å². The van der Waals surface area contributed by atoms with E-state index in [1.807, 2.05) is 12.1 Å². The SMILES string of the molecule is CC(=O)Nc1ccc(-c2csc(NC(=O)c3ccc(Br)c([N+](=O)[O-])c3)n2)cc1. The van der Waals surface area contributed by atoms with Crippen LogP contribution in [-0.2, 0) is 4.79 Å². The molecule has 28 heavy (non-hydrogen) atoms. The number of amides is 2. The number of carbonyl (C=O) groups is 2. The van der Waals surface area contributed by atoms with Gasteiger partial charge in [0.25, 0.3) is 11.6 Å². The number of thiazole rings is 1. The molecule has 3 rings (SSSR count). The number of nitrogens with one attached hydrogen (secondary N) is 2. The molecule has 0 saturated heterocycles. The van der Waals surface area contributed by atoms with Gasteiger partial charge in [0.1, 0.15) is 0 Å². The van der Waals surface area contributed by atoms with Crippen LogP contribution in [-0.4, -0.2) is 21.7 Å². The molecule has 0 radical (unpaired) electrons. The number of aromatic nitrogens is 1. The number of benzene rings is 2. The quantitative estimate of drug-likeness (QED) is 0.423. The minimum Gasteiger partial charge on any atom is -0.326 e. The summed E-state index contributed by atoms with van der Waals surface area (Å²) in [4.78, 5) is 38.3. The largest absolute Gasteiger partial charge is 0.326 e. The average Bonchev–Trinajstić information content (AvgIpc) is 3.10. The zero-order valence-electron chi connectivity index (χ0n) is 14.4. The number of hydrogen-bond acceptors (Lipinski definition) is 6. The van der Waals surface area contributed by atoms with Gasteiger partial charge in [-0.15, -0.1) is 11.3 Å². The van der Waals surface area contributed by atoms with Crippen LogP contribution in [0.1, 0.15) is 17.3 Å². The van der Waals surface area contributed by atoms with Crippen molar-refractivity contribution in [2.75, 3.05) is 10.6 Å². The lowest BCUT2D eigenvalue weighted by molar-refractivity contribution is -0.385. The van der Waals surface area contributed by atoms with Gasteiger partial charge < -0.3 is 5.32 Å². The maximum atomic E-state index is 12.4. The van der Waals surface area contributed by atoms with Gasteiger partial charge in [0.15, 0.2) is 5.13 Å². The van der Waals surface area contributed by atoms with Crippen LogP contribution >= 0.6 is 27.3 Å². The predicted molar refractivity (Wildman–Crippen MR) is 111 cm³/mol. The highest BCUT2D eigenvalue weighted by molar-refractivity contribution is 9.10. The Morgan fingerprint density at radius 3 is 2.50 bits per heavy atom. The fourth-order valence-corrected chi connectivity index (χ4v) is 3.46. The average molecular weight is 461 g/mol. The van der Waals surface area contributed by atoms with Gasteiger partial charge >= 0.3 is 0 Å². The summed E-state index contributed by atoms with van der Waals surface area (Å²) >= 11 is 4.33. The van der Waals surface area contributed by atoms with Crippen molar-refractivity contribution in [2.45, 2.75) is 6.92 Å². The Bertz CT molecular complexity index is 1070. The summed E-state index contributed by atoms with van der Waals surface area (Å²) in [7, 11) is 0. The molecule has 0 aliphatic rings. The Kier molecular flexibility index (Phi) is 5.81. The van der Waals surface area contributed by atoms with E-state index in [9.17, 15) is 19.7 Å². The Hall–Kier alpha value is -3.11. The maximum absolute atomic E-state index is 12.4. The first kappa shape index (κ1) is 19.6. The first-order valence-electron chi connectivity index (χ1n) is 7.92. The summed E-state index contributed by atoms with van der Waals surface area (Å²) in [5, 5.41) is 18.5. The highest BCUT2D eigenvalue weighted by atomic mass is 79.9. The highest BCUT2D eigenvalue weighted by Crippen LogP contribution is 2.28. The number of halogens is 1. The molecule has 2 amide bonds. The third kappa shape index (κ3) is 4.59. The van der Waals surface area contributed by atoms with E-state index in [4.69, 9.17) is 0 Å². The fourth-order valence-electron chi connectivity index (χ4n) is 2.35. The second-order valence-electron chi connectivity index (χ2n) is 5.67. The molecule has 1 heterocycles. The third-order valence-corrected chi connectivity index (χ3v) is 5.06. The van der Waals surface area contributed by atoms with Crippen LogP contribution in [0.5, 0.6) is 0 Å². The van der Waals surface area contributed by atoms with E-state index in [2.05, 4.69) is 31.5 Å². The number of carbonyl (C=O) groups excluding carboxylic acids is 2. The number of anilines is 2. The molecule has 0 saturated carbocycles. The van der Waals surface area contributed by atoms with E-state index in [0.717, 1.165) is 5.56 Å². The minimum atomic E-state index is -0.563. The van der Waals surface area contributed by atoms with Gasteiger partial charge in [-0.1, -0.05) is 12.1 Å². The van der Waals surface area contributed by atoms with Crippen LogP contribution in [0.2, 0.25) is 0 Å². The van der Waals surface area contributed by atoms with Crippen LogP contribution in [0, 0.1) is 10.1 Å². The second kappa shape index (κ2) is 8.28. The summed E-state index contributed by atoms with van der Waals surface area (Å²) in [5.74, 6) is -0.642. The Labute approximate surface area is 171 Å². The van der Waals surface area contributed by atoms with Crippen molar-refractivity contribution in [1.29, 1.82) is 0 Å². The first-order chi connectivity index (χ1) is 13.3. The summed E-state index contributed by atoms with van der Waals surface area (Å²) < 4.78 is 0.299. The minimum absolute atomic E-state index is 0.153. The van der Waals surface area contributed by atoms with E-state index < -0.39 is 10.8 Å². The lowest BCUT2D eigenvalue weighted by atomic mass is 10.1.